The maximum Gasteiger partial charge on any atom is 0.488 e. The van der Waals surface area contributed by atoms with E-state index in [2.05, 4.69) is 71.3 Å². The van der Waals surface area contributed by atoms with Crippen LogP contribution in [-0.4, -0.2) is 21.7 Å². The lowest BCUT2D eigenvalue weighted by Crippen LogP contribution is -2.29. The average molecular weight is 363 g/mol. The normalized spacial score (nSPS) is 11.2. The number of benzene rings is 4. The Bertz CT molecular complexity index is 1290. The van der Waals surface area contributed by atoms with Gasteiger partial charge in [0.25, 0.3) is 0 Å². The van der Waals surface area contributed by atoms with Crippen molar-refractivity contribution in [3.05, 3.63) is 97.1 Å². The van der Waals surface area contributed by atoms with Gasteiger partial charge < -0.3 is 14.6 Å². The number of rotatable bonds is 3. The van der Waals surface area contributed by atoms with Crippen molar-refractivity contribution in [2.24, 2.45) is 0 Å². The highest BCUT2D eigenvalue weighted by atomic mass is 16.4. The van der Waals surface area contributed by atoms with Crippen LogP contribution in [0.1, 0.15) is 0 Å². The molecule has 28 heavy (non-hydrogen) atoms. The van der Waals surface area contributed by atoms with Crippen LogP contribution in [0.25, 0.3) is 38.6 Å². The lowest BCUT2D eigenvalue weighted by atomic mass is 9.79. The van der Waals surface area contributed by atoms with Crippen molar-refractivity contribution in [3.8, 4) is 16.8 Å². The molecule has 1 heterocycles. The Hall–Kier alpha value is -3.34. The molecule has 0 bridgehead atoms. The zero-order chi connectivity index (χ0) is 19.1. The van der Waals surface area contributed by atoms with Crippen molar-refractivity contribution in [2.45, 2.75) is 0 Å². The number of hydrogen-bond donors (Lipinski definition) is 2. The topological polar surface area (TPSA) is 45.4 Å². The molecule has 0 unspecified atom stereocenters. The van der Waals surface area contributed by atoms with Gasteiger partial charge in [-0.1, -0.05) is 66.7 Å². The molecule has 4 heteroatoms. The Morgan fingerprint density at radius 1 is 0.571 bits per heavy atom. The van der Waals surface area contributed by atoms with Crippen LogP contribution in [0.3, 0.4) is 0 Å². The fourth-order valence-electron chi connectivity index (χ4n) is 3.89. The van der Waals surface area contributed by atoms with Gasteiger partial charge in [-0.3, -0.25) is 0 Å². The van der Waals surface area contributed by atoms with Crippen molar-refractivity contribution in [1.29, 1.82) is 0 Å². The summed E-state index contributed by atoms with van der Waals surface area (Å²) in [5.41, 5.74) is 5.95. The summed E-state index contributed by atoms with van der Waals surface area (Å²) in [6, 6.07) is 32.6. The molecule has 0 aliphatic rings. The number of aromatic nitrogens is 1. The van der Waals surface area contributed by atoms with E-state index in [1.54, 1.807) is 6.07 Å². The van der Waals surface area contributed by atoms with Gasteiger partial charge in [0.05, 0.1) is 11.0 Å². The highest BCUT2D eigenvalue weighted by Gasteiger charge is 2.14. The van der Waals surface area contributed by atoms with E-state index in [-0.39, 0.29) is 0 Å². The summed E-state index contributed by atoms with van der Waals surface area (Å²) in [5.74, 6) is 0. The molecule has 0 spiro atoms. The van der Waals surface area contributed by atoms with Gasteiger partial charge in [0.2, 0.25) is 0 Å². The second-order valence-corrected chi connectivity index (χ2v) is 6.92. The van der Waals surface area contributed by atoms with Crippen molar-refractivity contribution in [1.82, 2.24) is 4.57 Å². The first kappa shape index (κ1) is 16.8. The molecule has 0 radical (unpaired) electrons. The molecule has 0 fully saturated rings. The summed E-state index contributed by atoms with van der Waals surface area (Å²) in [6.07, 6.45) is 0. The van der Waals surface area contributed by atoms with E-state index in [0.29, 0.717) is 5.46 Å². The van der Waals surface area contributed by atoms with Gasteiger partial charge in [0.15, 0.2) is 0 Å². The van der Waals surface area contributed by atoms with Crippen LogP contribution >= 0.6 is 0 Å². The molecule has 0 amide bonds. The van der Waals surface area contributed by atoms with Gasteiger partial charge in [-0.05, 0) is 46.9 Å². The zero-order valence-corrected chi connectivity index (χ0v) is 15.2. The molecular formula is C24H18BNO2. The van der Waals surface area contributed by atoms with Crippen molar-refractivity contribution in [3.63, 3.8) is 0 Å². The van der Waals surface area contributed by atoms with Crippen LogP contribution in [0.5, 0.6) is 0 Å². The minimum absolute atomic E-state index is 0.490. The molecule has 0 aliphatic heterocycles. The Balaban J connectivity index is 1.78. The number of para-hydroxylation sites is 2. The van der Waals surface area contributed by atoms with Crippen LogP contribution in [0, 0.1) is 0 Å². The second-order valence-electron chi connectivity index (χ2n) is 6.92. The maximum atomic E-state index is 9.49. The Morgan fingerprint density at radius 2 is 1.29 bits per heavy atom. The summed E-state index contributed by atoms with van der Waals surface area (Å²) in [7, 11) is -1.47. The standard InChI is InChI=1S/C24H18BNO2/c27-25(28)19-8-6-7-17(15-19)18-13-14-24-22(16-18)21-11-4-5-12-23(21)26(24)20-9-2-1-3-10-20/h1-16,27-28H. The minimum atomic E-state index is -1.47. The molecule has 134 valence electrons. The molecule has 4 aromatic carbocycles. The molecule has 3 nitrogen and oxygen atoms in total. The third kappa shape index (κ3) is 2.71. The second kappa shape index (κ2) is 6.68. The Morgan fingerprint density at radius 3 is 2.11 bits per heavy atom. The van der Waals surface area contributed by atoms with Gasteiger partial charge in [0.1, 0.15) is 0 Å². The van der Waals surface area contributed by atoms with E-state index in [9.17, 15) is 10.0 Å². The molecule has 0 atom stereocenters. The highest BCUT2D eigenvalue weighted by molar-refractivity contribution is 6.58. The number of hydrogen-bond acceptors (Lipinski definition) is 2. The van der Waals surface area contributed by atoms with Gasteiger partial charge in [-0.2, -0.15) is 0 Å². The predicted octanol–water partition coefficient (Wildman–Crippen LogP) is 4.13. The third-order valence-corrected chi connectivity index (χ3v) is 5.21. The van der Waals surface area contributed by atoms with Gasteiger partial charge in [-0.15, -0.1) is 0 Å². The first-order valence-electron chi connectivity index (χ1n) is 9.27. The molecule has 1 aromatic heterocycles. The third-order valence-electron chi connectivity index (χ3n) is 5.21. The van der Waals surface area contributed by atoms with Crippen molar-refractivity contribution >= 4 is 34.4 Å². The summed E-state index contributed by atoms with van der Waals surface area (Å²) in [5, 5.41) is 21.3. The highest BCUT2D eigenvalue weighted by Crippen LogP contribution is 2.34. The monoisotopic (exact) mass is 363 g/mol. The van der Waals surface area contributed by atoms with E-state index in [0.717, 1.165) is 22.3 Å². The predicted molar refractivity (Wildman–Crippen MR) is 116 cm³/mol. The van der Waals surface area contributed by atoms with Gasteiger partial charge in [-0.25, -0.2) is 0 Å². The zero-order valence-electron chi connectivity index (χ0n) is 15.2. The maximum absolute atomic E-state index is 9.49. The van der Waals surface area contributed by atoms with E-state index >= 15 is 0 Å². The number of nitrogens with zero attached hydrogens (tertiary/aromatic N) is 1. The van der Waals surface area contributed by atoms with E-state index in [1.807, 2.05) is 24.3 Å². The first-order valence-corrected chi connectivity index (χ1v) is 9.27. The minimum Gasteiger partial charge on any atom is -0.423 e. The van der Waals surface area contributed by atoms with Crippen LogP contribution < -0.4 is 5.46 Å². The molecule has 5 rings (SSSR count). The summed E-state index contributed by atoms with van der Waals surface area (Å²) >= 11 is 0. The largest absolute Gasteiger partial charge is 0.488 e. The summed E-state index contributed by atoms with van der Waals surface area (Å²) in [4.78, 5) is 0. The lowest BCUT2D eigenvalue weighted by molar-refractivity contribution is 0.426. The van der Waals surface area contributed by atoms with Crippen LogP contribution in [0.2, 0.25) is 0 Å². The van der Waals surface area contributed by atoms with Gasteiger partial charge in [0, 0.05) is 16.5 Å². The SMILES string of the molecule is OB(O)c1cccc(-c2ccc3c(c2)c2ccccc2n3-c2ccccc2)c1. The van der Waals surface area contributed by atoms with Crippen molar-refractivity contribution < 1.29 is 10.0 Å². The quantitative estimate of drug-likeness (QED) is 0.474. The number of fused-ring (bicyclic) bond motifs is 3. The Kier molecular flexibility index (Phi) is 4.01. The Labute approximate surface area is 163 Å². The van der Waals surface area contributed by atoms with Crippen LogP contribution in [0.4, 0.5) is 0 Å². The lowest BCUT2D eigenvalue weighted by Gasteiger charge is -2.08. The van der Waals surface area contributed by atoms with E-state index < -0.39 is 7.12 Å². The van der Waals surface area contributed by atoms with Gasteiger partial charge >= 0.3 is 7.12 Å². The fraction of sp³-hybridized carbons (Fsp3) is 0. The van der Waals surface area contributed by atoms with E-state index in [1.165, 1.54) is 16.3 Å². The first-order chi connectivity index (χ1) is 13.7. The summed E-state index contributed by atoms with van der Waals surface area (Å²) in [6.45, 7) is 0. The van der Waals surface area contributed by atoms with Crippen molar-refractivity contribution in [2.75, 3.05) is 0 Å². The van der Waals surface area contributed by atoms with Crippen LogP contribution in [-0.2, 0) is 0 Å². The summed E-state index contributed by atoms with van der Waals surface area (Å²) < 4.78 is 2.28. The molecule has 0 aliphatic carbocycles. The van der Waals surface area contributed by atoms with Crippen LogP contribution in [0.15, 0.2) is 97.1 Å². The molecule has 5 aromatic rings. The molecular weight excluding hydrogens is 345 g/mol. The smallest absolute Gasteiger partial charge is 0.423 e. The average Bonchev–Trinajstić information content (AvgIpc) is 3.08. The molecule has 0 saturated carbocycles. The molecule has 2 N–H and O–H groups in total. The van der Waals surface area contributed by atoms with E-state index in [4.69, 9.17) is 0 Å². The fourth-order valence-corrected chi connectivity index (χ4v) is 3.89. The molecule has 0 saturated heterocycles.